The van der Waals surface area contributed by atoms with Crippen LogP contribution in [0.3, 0.4) is 0 Å². The van der Waals surface area contributed by atoms with Gasteiger partial charge in [-0.05, 0) is 17.7 Å². The zero-order valence-electron chi connectivity index (χ0n) is 9.73. The molecule has 1 saturated heterocycles. The van der Waals surface area contributed by atoms with Gasteiger partial charge in [-0.3, -0.25) is 4.90 Å². The van der Waals surface area contributed by atoms with Crippen LogP contribution < -0.4 is 5.32 Å². The Kier molecular flexibility index (Phi) is 5.62. The first-order valence-electron chi connectivity index (χ1n) is 5.64. The molecule has 0 spiro atoms. The molecule has 17 heavy (non-hydrogen) atoms. The molecular formula is C13H18ClFN2. The number of halogens is 2. The molecule has 2 nitrogen and oxygen atoms in total. The van der Waals surface area contributed by atoms with E-state index in [9.17, 15) is 4.39 Å². The highest BCUT2D eigenvalue weighted by molar-refractivity contribution is 5.85. The van der Waals surface area contributed by atoms with Crippen LogP contribution in [0.5, 0.6) is 0 Å². The fourth-order valence-corrected chi connectivity index (χ4v) is 2.15. The van der Waals surface area contributed by atoms with Crippen molar-refractivity contribution in [1.82, 2.24) is 10.2 Å². The van der Waals surface area contributed by atoms with Crippen molar-refractivity contribution < 1.29 is 4.39 Å². The number of benzene rings is 1. The van der Waals surface area contributed by atoms with Gasteiger partial charge in [0, 0.05) is 26.2 Å². The van der Waals surface area contributed by atoms with Crippen LogP contribution in [-0.2, 0) is 0 Å². The average molecular weight is 257 g/mol. The van der Waals surface area contributed by atoms with Gasteiger partial charge in [0.15, 0.2) is 0 Å². The van der Waals surface area contributed by atoms with Crippen molar-refractivity contribution in [3.05, 3.63) is 48.3 Å². The van der Waals surface area contributed by atoms with Gasteiger partial charge in [-0.1, -0.05) is 18.2 Å². The number of nitrogens with zero attached hydrogens (tertiary/aromatic N) is 1. The van der Waals surface area contributed by atoms with Crippen LogP contribution in [0.25, 0.3) is 0 Å². The summed E-state index contributed by atoms with van der Waals surface area (Å²) < 4.78 is 13.2. The maximum Gasteiger partial charge on any atom is 0.123 e. The molecule has 1 aromatic rings. The lowest BCUT2D eigenvalue weighted by molar-refractivity contribution is 0.203. The van der Waals surface area contributed by atoms with Gasteiger partial charge in [0.05, 0.1) is 6.04 Å². The van der Waals surface area contributed by atoms with Gasteiger partial charge in [-0.15, -0.1) is 19.0 Å². The molecular weight excluding hydrogens is 239 g/mol. The summed E-state index contributed by atoms with van der Waals surface area (Å²) in [5, 5.41) is 3.31. The van der Waals surface area contributed by atoms with Crippen LogP contribution in [0, 0.1) is 5.82 Å². The summed E-state index contributed by atoms with van der Waals surface area (Å²) >= 11 is 0. The van der Waals surface area contributed by atoms with Crippen LogP contribution in [0.4, 0.5) is 4.39 Å². The molecule has 1 aliphatic rings. The van der Waals surface area contributed by atoms with E-state index in [0.29, 0.717) is 0 Å². The van der Waals surface area contributed by atoms with Gasteiger partial charge in [0.2, 0.25) is 0 Å². The van der Waals surface area contributed by atoms with Gasteiger partial charge in [0.1, 0.15) is 5.82 Å². The fraction of sp³-hybridized carbons (Fsp3) is 0.385. The lowest BCUT2D eigenvalue weighted by Crippen LogP contribution is -2.44. The molecule has 1 N–H and O–H groups in total. The monoisotopic (exact) mass is 256 g/mol. The van der Waals surface area contributed by atoms with E-state index in [1.807, 2.05) is 12.1 Å². The van der Waals surface area contributed by atoms with E-state index < -0.39 is 0 Å². The van der Waals surface area contributed by atoms with Crippen LogP contribution in [0.1, 0.15) is 11.6 Å². The van der Waals surface area contributed by atoms with Crippen molar-refractivity contribution in [2.45, 2.75) is 6.04 Å². The smallest absolute Gasteiger partial charge is 0.123 e. The minimum absolute atomic E-state index is 0. The highest BCUT2D eigenvalue weighted by atomic mass is 35.5. The lowest BCUT2D eigenvalue weighted by atomic mass is 10.0. The first kappa shape index (κ1) is 14.2. The molecule has 0 amide bonds. The lowest BCUT2D eigenvalue weighted by Gasteiger charge is -2.33. The highest BCUT2D eigenvalue weighted by Crippen LogP contribution is 2.22. The van der Waals surface area contributed by atoms with Crippen molar-refractivity contribution in [1.29, 1.82) is 0 Å². The summed E-state index contributed by atoms with van der Waals surface area (Å²) in [7, 11) is 0. The Labute approximate surface area is 108 Å². The summed E-state index contributed by atoms with van der Waals surface area (Å²) in [5.74, 6) is -0.181. The predicted octanol–water partition coefficient (Wildman–Crippen LogP) is 2.38. The van der Waals surface area contributed by atoms with Crippen LogP contribution in [-0.4, -0.2) is 31.1 Å². The zero-order chi connectivity index (χ0) is 11.4. The molecule has 94 valence electrons. The molecule has 0 bridgehead atoms. The third-order valence-corrected chi connectivity index (χ3v) is 2.96. The molecule has 0 aromatic heterocycles. The van der Waals surface area contributed by atoms with Crippen molar-refractivity contribution in [2.75, 3.05) is 26.2 Å². The van der Waals surface area contributed by atoms with E-state index in [4.69, 9.17) is 0 Å². The number of rotatable bonds is 3. The van der Waals surface area contributed by atoms with Crippen LogP contribution >= 0.6 is 12.4 Å². The van der Waals surface area contributed by atoms with E-state index in [1.165, 1.54) is 6.07 Å². The Balaban J connectivity index is 0.00000144. The van der Waals surface area contributed by atoms with Crippen LogP contribution in [0.15, 0.2) is 36.9 Å². The Morgan fingerprint density at radius 3 is 2.65 bits per heavy atom. The first-order chi connectivity index (χ1) is 7.81. The third-order valence-electron chi connectivity index (χ3n) is 2.96. The first-order valence-corrected chi connectivity index (χ1v) is 5.64. The fourth-order valence-electron chi connectivity index (χ4n) is 2.15. The molecule has 0 saturated carbocycles. The quantitative estimate of drug-likeness (QED) is 0.836. The number of nitrogens with one attached hydrogen (secondary N) is 1. The Bertz CT molecular complexity index is 364. The molecule has 1 fully saturated rings. The number of piperazine rings is 1. The Morgan fingerprint density at radius 2 is 2.06 bits per heavy atom. The second kappa shape index (κ2) is 6.74. The van der Waals surface area contributed by atoms with Crippen molar-refractivity contribution >= 4 is 12.4 Å². The van der Waals surface area contributed by atoms with Gasteiger partial charge in [-0.25, -0.2) is 4.39 Å². The van der Waals surface area contributed by atoms with Crippen molar-refractivity contribution in [2.24, 2.45) is 0 Å². The van der Waals surface area contributed by atoms with E-state index >= 15 is 0 Å². The van der Waals surface area contributed by atoms with Crippen molar-refractivity contribution in [3.63, 3.8) is 0 Å². The second-order valence-electron chi connectivity index (χ2n) is 4.02. The van der Waals surface area contributed by atoms with Gasteiger partial charge >= 0.3 is 0 Å². The molecule has 1 aromatic carbocycles. The molecule has 2 rings (SSSR count). The molecule has 1 atom stereocenters. The van der Waals surface area contributed by atoms with Crippen molar-refractivity contribution in [3.8, 4) is 0 Å². The van der Waals surface area contributed by atoms with Gasteiger partial charge < -0.3 is 5.32 Å². The summed E-state index contributed by atoms with van der Waals surface area (Å²) in [6.45, 7) is 7.79. The molecule has 0 radical (unpaired) electrons. The Hall–Kier alpha value is -0.900. The standard InChI is InChI=1S/C13H17FN2.ClH/c1-2-13(16-8-6-15-7-9-16)11-4-3-5-12(14)10-11;/h2-5,10,13,15H,1,6-9H2;1H/t13-;/m1./s1. The summed E-state index contributed by atoms with van der Waals surface area (Å²) in [4.78, 5) is 2.32. The molecule has 1 heterocycles. The summed E-state index contributed by atoms with van der Waals surface area (Å²) in [6, 6.07) is 6.90. The van der Waals surface area contributed by atoms with E-state index in [2.05, 4.69) is 16.8 Å². The minimum atomic E-state index is -0.181. The summed E-state index contributed by atoms with van der Waals surface area (Å²) in [5.41, 5.74) is 0.983. The van der Waals surface area contributed by atoms with Gasteiger partial charge in [0.25, 0.3) is 0 Å². The van der Waals surface area contributed by atoms with Crippen LogP contribution in [0.2, 0.25) is 0 Å². The molecule has 1 aliphatic heterocycles. The maximum absolute atomic E-state index is 13.2. The SMILES string of the molecule is C=C[C@H](c1cccc(F)c1)N1CCNCC1.Cl. The van der Waals surface area contributed by atoms with E-state index in [1.54, 1.807) is 12.1 Å². The Morgan fingerprint density at radius 1 is 1.35 bits per heavy atom. The highest BCUT2D eigenvalue weighted by Gasteiger charge is 2.19. The third kappa shape index (κ3) is 3.53. The maximum atomic E-state index is 13.2. The molecule has 0 aliphatic carbocycles. The number of hydrogen-bond donors (Lipinski definition) is 1. The predicted molar refractivity (Wildman–Crippen MR) is 71.0 cm³/mol. The molecule has 4 heteroatoms. The van der Waals surface area contributed by atoms with E-state index in [0.717, 1.165) is 31.7 Å². The second-order valence-corrected chi connectivity index (χ2v) is 4.02. The zero-order valence-corrected chi connectivity index (χ0v) is 10.5. The van der Waals surface area contributed by atoms with Gasteiger partial charge in [-0.2, -0.15) is 0 Å². The summed E-state index contributed by atoms with van der Waals surface area (Å²) in [6.07, 6.45) is 1.89. The normalized spacial score (nSPS) is 18.2. The average Bonchev–Trinajstić information content (AvgIpc) is 2.31. The number of hydrogen-bond acceptors (Lipinski definition) is 2. The topological polar surface area (TPSA) is 15.3 Å². The molecule has 0 unspecified atom stereocenters. The largest absolute Gasteiger partial charge is 0.314 e. The minimum Gasteiger partial charge on any atom is -0.314 e. The van der Waals surface area contributed by atoms with E-state index in [-0.39, 0.29) is 24.3 Å².